The molecular weight excluding hydrogens is 344 g/mol. The predicted molar refractivity (Wildman–Crippen MR) is 101 cm³/mol. The number of piperidine rings is 1. The van der Waals surface area contributed by atoms with E-state index in [9.17, 15) is 9.59 Å². The number of amides is 2. The fourth-order valence-electron chi connectivity index (χ4n) is 4.61. The van der Waals surface area contributed by atoms with Crippen LogP contribution in [0, 0.1) is 11.3 Å². The van der Waals surface area contributed by atoms with Gasteiger partial charge in [0.2, 0.25) is 11.8 Å². The maximum Gasteiger partial charge on any atom is 0.230 e. The quantitative estimate of drug-likeness (QED) is 0.797. The van der Waals surface area contributed by atoms with Crippen molar-refractivity contribution in [2.24, 2.45) is 11.3 Å². The SMILES string of the molecule is COc1cccc(CN2CCCC3(CCN(C(=O)C4CC4)C3)C2=O)c1OC. The molecule has 0 radical (unpaired) electrons. The van der Waals surface area contributed by atoms with Gasteiger partial charge in [0.05, 0.1) is 19.6 Å². The summed E-state index contributed by atoms with van der Waals surface area (Å²) in [7, 11) is 3.24. The summed E-state index contributed by atoms with van der Waals surface area (Å²) in [5, 5.41) is 0. The molecule has 0 N–H and O–H groups in total. The Morgan fingerprint density at radius 1 is 1.19 bits per heavy atom. The van der Waals surface area contributed by atoms with Gasteiger partial charge < -0.3 is 19.3 Å². The summed E-state index contributed by atoms with van der Waals surface area (Å²) in [6, 6.07) is 5.76. The van der Waals surface area contributed by atoms with Crippen LogP contribution >= 0.6 is 0 Å². The molecule has 0 bridgehead atoms. The fraction of sp³-hybridized carbons (Fsp3) is 0.619. The van der Waals surface area contributed by atoms with Gasteiger partial charge in [0, 0.05) is 37.7 Å². The van der Waals surface area contributed by atoms with Gasteiger partial charge in [-0.15, -0.1) is 0 Å². The van der Waals surface area contributed by atoms with Crippen molar-refractivity contribution in [2.75, 3.05) is 33.9 Å². The van der Waals surface area contributed by atoms with Crippen molar-refractivity contribution in [2.45, 2.75) is 38.6 Å². The smallest absolute Gasteiger partial charge is 0.230 e. The highest BCUT2D eigenvalue weighted by molar-refractivity contribution is 5.87. The molecule has 2 heterocycles. The maximum atomic E-state index is 13.4. The Balaban J connectivity index is 1.50. The van der Waals surface area contributed by atoms with Gasteiger partial charge >= 0.3 is 0 Å². The monoisotopic (exact) mass is 372 g/mol. The van der Waals surface area contributed by atoms with Crippen molar-refractivity contribution in [1.29, 1.82) is 0 Å². The number of hydrogen-bond acceptors (Lipinski definition) is 4. The van der Waals surface area contributed by atoms with E-state index in [2.05, 4.69) is 0 Å². The van der Waals surface area contributed by atoms with Crippen LogP contribution < -0.4 is 9.47 Å². The zero-order valence-electron chi connectivity index (χ0n) is 16.2. The van der Waals surface area contributed by atoms with Crippen LogP contribution in [0.3, 0.4) is 0 Å². The van der Waals surface area contributed by atoms with Crippen LogP contribution in [-0.4, -0.2) is 55.5 Å². The molecule has 1 aromatic carbocycles. The molecule has 6 nitrogen and oxygen atoms in total. The number of likely N-dealkylation sites (tertiary alicyclic amines) is 2. The minimum atomic E-state index is -0.394. The summed E-state index contributed by atoms with van der Waals surface area (Å²) in [6.45, 7) is 2.57. The highest BCUT2D eigenvalue weighted by Crippen LogP contribution is 2.43. The van der Waals surface area contributed by atoms with Gasteiger partial charge in [0.1, 0.15) is 0 Å². The number of carbonyl (C=O) groups is 2. The van der Waals surface area contributed by atoms with Crippen LogP contribution in [0.15, 0.2) is 18.2 Å². The molecule has 2 aliphatic heterocycles. The lowest BCUT2D eigenvalue weighted by Gasteiger charge is -2.39. The summed E-state index contributed by atoms with van der Waals surface area (Å²) in [5.74, 6) is 2.02. The van der Waals surface area contributed by atoms with Gasteiger partial charge in [-0.1, -0.05) is 12.1 Å². The van der Waals surface area contributed by atoms with E-state index in [0.29, 0.717) is 24.6 Å². The van der Waals surface area contributed by atoms with Crippen molar-refractivity contribution in [1.82, 2.24) is 9.80 Å². The fourth-order valence-corrected chi connectivity index (χ4v) is 4.61. The average Bonchev–Trinajstić information content (AvgIpc) is 3.45. The summed E-state index contributed by atoms with van der Waals surface area (Å²) in [5.41, 5.74) is 0.556. The van der Waals surface area contributed by atoms with Crippen LogP contribution in [0.4, 0.5) is 0 Å². The first-order chi connectivity index (χ1) is 13.1. The molecule has 3 aliphatic rings. The van der Waals surface area contributed by atoms with E-state index in [4.69, 9.17) is 9.47 Å². The zero-order chi connectivity index (χ0) is 19.0. The van der Waals surface area contributed by atoms with E-state index in [1.807, 2.05) is 28.0 Å². The van der Waals surface area contributed by atoms with Crippen LogP contribution in [0.1, 0.15) is 37.7 Å². The number of benzene rings is 1. The second-order valence-electron chi connectivity index (χ2n) is 8.05. The molecule has 146 valence electrons. The van der Waals surface area contributed by atoms with Crippen molar-refractivity contribution >= 4 is 11.8 Å². The molecule has 3 fully saturated rings. The predicted octanol–water partition coefficient (Wildman–Crippen LogP) is 2.45. The van der Waals surface area contributed by atoms with Crippen molar-refractivity contribution < 1.29 is 19.1 Å². The van der Waals surface area contributed by atoms with E-state index in [0.717, 1.165) is 50.8 Å². The number of ether oxygens (including phenoxy) is 2. The van der Waals surface area contributed by atoms with Gasteiger partial charge in [-0.3, -0.25) is 9.59 Å². The van der Waals surface area contributed by atoms with Crippen LogP contribution in [0.25, 0.3) is 0 Å². The van der Waals surface area contributed by atoms with Gasteiger partial charge in [0.25, 0.3) is 0 Å². The number of para-hydroxylation sites is 1. The molecule has 4 rings (SSSR count). The topological polar surface area (TPSA) is 59.1 Å². The molecule has 1 spiro atoms. The molecule has 6 heteroatoms. The normalized spacial score (nSPS) is 25.2. The first-order valence-electron chi connectivity index (χ1n) is 9.86. The molecular formula is C21H28N2O4. The van der Waals surface area contributed by atoms with Gasteiger partial charge in [0.15, 0.2) is 11.5 Å². The van der Waals surface area contributed by atoms with Gasteiger partial charge in [-0.05, 0) is 38.2 Å². The van der Waals surface area contributed by atoms with Crippen LogP contribution in [-0.2, 0) is 16.1 Å². The molecule has 1 saturated carbocycles. The highest BCUT2D eigenvalue weighted by atomic mass is 16.5. The Morgan fingerprint density at radius 2 is 2.00 bits per heavy atom. The van der Waals surface area contributed by atoms with Crippen molar-refractivity contribution in [3.8, 4) is 11.5 Å². The third kappa shape index (κ3) is 3.26. The Morgan fingerprint density at radius 3 is 2.70 bits per heavy atom. The maximum absolute atomic E-state index is 13.4. The number of rotatable bonds is 5. The van der Waals surface area contributed by atoms with Gasteiger partial charge in [-0.25, -0.2) is 0 Å². The summed E-state index contributed by atoms with van der Waals surface area (Å²) in [6.07, 6.45) is 4.67. The van der Waals surface area contributed by atoms with E-state index >= 15 is 0 Å². The Hall–Kier alpha value is -2.24. The molecule has 2 amide bonds. The molecule has 0 aromatic heterocycles. The average molecular weight is 372 g/mol. The molecule has 2 saturated heterocycles. The van der Waals surface area contributed by atoms with E-state index < -0.39 is 5.41 Å². The molecule has 1 aliphatic carbocycles. The minimum Gasteiger partial charge on any atom is -0.493 e. The molecule has 1 unspecified atom stereocenters. The number of carbonyl (C=O) groups excluding carboxylic acids is 2. The minimum absolute atomic E-state index is 0.185. The van der Waals surface area contributed by atoms with E-state index in [1.165, 1.54) is 0 Å². The highest BCUT2D eigenvalue weighted by Gasteiger charge is 2.50. The number of nitrogens with zero attached hydrogens (tertiary/aromatic N) is 2. The van der Waals surface area contributed by atoms with E-state index in [-0.39, 0.29) is 17.7 Å². The third-order valence-electron chi connectivity index (χ3n) is 6.26. The van der Waals surface area contributed by atoms with Crippen LogP contribution in [0.5, 0.6) is 11.5 Å². The van der Waals surface area contributed by atoms with Crippen molar-refractivity contribution in [3.05, 3.63) is 23.8 Å². The van der Waals surface area contributed by atoms with Crippen molar-refractivity contribution in [3.63, 3.8) is 0 Å². The summed E-state index contributed by atoms with van der Waals surface area (Å²) in [4.78, 5) is 29.7. The van der Waals surface area contributed by atoms with E-state index in [1.54, 1.807) is 14.2 Å². The first kappa shape index (κ1) is 18.1. The number of methoxy groups -OCH3 is 2. The molecule has 1 atom stereocenters. The Labute approximate surface area is 160 Å². The summed E-state index contributed by atoms with van der Waals surface area (Å²) >= 11 is 0. The Kier molecular flexibility index (Phi) is 4.74. The molecule has 27 heavy (non-hydrogen) atoms. The third-order valence-corrected chi connectivity index (χ3v) is 6.26. The summed E-state index contributed by atoms with van der Waals surface area (Å²) < 4.78 is 10.9. The number of hydrogen-bond donors (Lipinski definition) is 0. The largest absolute Gasteiger partial charge is 0.493 e. The standard InChI is InChI=1S/C21H28N2O4/c1-26-17-6-3-5-16(18(17)27-2)13-22-11-4-9-21(20(22)25)10-12-23(14-21)19(24)15-7-8-15/h3,5-6,15H,4,7-14H2,1-2H3. The first-order valence-corrected chi connectivity index (χ1v) is 9.86. The Bertz CT molecular complexity index is 746. The second kappa shape index (κ2) is 7.06. The second-order valence-corrected chi connectivity index (χ2v) is 8.05. The lowest BCUT2D eigenvalue weighted by Crippen LogP contribution is -2.50. The molecule has 1 aromatic rings. The zero-order valence-corrected chi connectivity index (χ0v) is 16.2. The van der Waals surface area contributed by atoms with Crippen LogP contribution in [0.2, 0.25) is 0 Å². The lowest BCUT2D eigenvalue weighted by atomic mass is 9.78. The lowest BCUT2D eigenvalue weighted by molar-refractivity contribution is -0.147. The van der Waals surface area contributed by atoms with Gasteiger partial charge in [-0.2, -0.15) is 0 Å².